The van der Waals surface area contributed by atoms with Gasteiger partial charge in [0.15, 0.2) is 0 Å². The van der Waals surface area contributed by atoms with Crippen molar-refractivity contribution in [1.29, 1.82) is 0 Å². The molecule has 0 saturated heterocycles. The molecule has 3 unspecified atom stereocenters. The largest absolute Gasteiger partial charge is 0.472 e. The fourth-order valence-electron chi connectivity index (χ4n) is 9.38. The minimum atomic E-state index is -4.46. The SMILES string of the molecule is CC/C=C\C/C=C\C/C=C\C/C=C\C/C=C\CCCCCCCC(=O)OC(/C=C/CCCCCCCCCCCC)C(COP(=O)(O)OCC[N+](C)(C)C)NC(=O)CCCCCCCCCCCCCCCCCCCCC. The number of unbranched alkanes of at least 4 members (excludes halogenated alkanes) is 33. The van der Waals surface area contributed by atoms with Crippen LogP contribution in [-0.2, 0) is 27.9 Å². The van der Waals surface area contributed by atoms with E-state index < -0.39 is 20.0 Å². The molecule has 454 valence electrons. The second-order valence-corrected chi connectivity index (χ2v) is 24.7. The number of carbonyl (C=O) groups is 2. The Morgan fingerprint density at radius 2 is 0.821 bits per heavy atom. The van der Waals surface area contributed by atoms with E-state index in [1.54, 1.807) is 0 Å². The third-order valence-corrected chi connectivity index (χ3v) is 15.4. The van der Waals surface area contributed by atoms with Crippen molar-refractivity contribution in [2.45, 2.75) is 309 Å². The van der Waals surface area contributed by atoms with Gasteiger partial charge < -0.3 is 19.4 Å². The molecule has 78 heavy (non-hydrogen) atoms. The summed E-state index contributed by atoms with van der Waals surface area (Å²) in [5.74, 6) is -0.519. The number of nitrogens with zero attached hydrogens (tertiary/aromatic N) is 1. The van der Waals surface area contributed by atoms with Crippen LogP contribution in [0.25, 0.3) is 0 Å². The van der Waals surface area contributed by atoms with Crippen LogP contribution in [0.2, 0.25) is 0 Å². The molecule has 9 nitrogen and oxygen atoms in total. The van der Waals surface area contributed by atoms with E-state index in [1.165, 1.54) is 154 Å². The van der Waals surface area contributed by atoms with Crippen LogP contribution in [0.15, 0.2) is 72.9 Å². The lowest BCUT2D eigenvalue weighted by Gasteiger charge is -2.27. The van der Waals surface area contributed by atoms with Crippen LogP contribution in [-0.4, -0.2) is 74.3 Å². The molecule has 0 aromatic rings. The van der Waals surface area contributed by atoms with Gasteiger partial charge in [0.05, 0.1) is 33.8 Å². The zero-order valence-electron chi connectivity index (χ0n) is 51.9. The summed E-state index contributed by atoms with van der Waals surface area (Å²) in [6, 6.07) is -0.857. The molecule has 3 atom stereocenters. The number of hydrogen-bond donors (Lipinski definition) is 2. The lowest BCUT2D eigenvalue weighted by atomic mass is 10.0. The normalized spacial score (nSPS) is 14.1. The number of esters is 1. The van der Waals surface area contributed by atoms with Crippen molar-refractivity contribution in [2.75, 3.05) is 40.9 Å². The van der Waals surface area contributed by atoms with E-state index >= 15 is 0 Å². The van der Waals surface area contributed by atoms with Crippen LogP contribution in [0.3, 0.4) is 0 Å². The zero-order chi connectivity index (χ0) is 57.2. The molecule has 0 aromatic carbocycles. The summed E-state index contributed by atoms with van der Waals surface area (Å²) in [6.07, 6.45) is 74.7. The van der Waals surface area contributed by atoms with Crippen LogP contribution in [0.4, 0.5) is 0 Å². The van der Waals surface area contributed by atoms with Crippen molar-refractivity contribution < 1.29 is 37.3 Å². The number of carbonyl (C=O) groups excluding carboxylic acids is 2. The van der Waals surface area contributed by atoms with Gasteiger partial charge in [0.2, 0.25) is 5.91 Å². The maximum absolute atomic E-state index is 13.6. The molecule has 10 heteroatoms. The Bertz CT molecular complexity index is 1570. The minimum Gasteiger partial charge on any atom is -0.456 e. The molecule has 2 N–H and O–H groups in total. The molecule has 0 aliphatic carbocycles. The molecule has 1 amide bonds. The second kappa shape index (κ2) is 57.7. The van der Waals surface area contributed by atoms with E-state index in [1.807, 2.05) is 33.3 Å². The highest BCUT2D eigenvalue weighted by atomic mass is 31.2. The topological polar surface area (TPSA) is 111 Å². The van der Waals surface area contributed by atoms with Crippen LogP contribution in [0.5, 0.6) is 0 Å². The molecule has 0 aliphatic heterocycles. The van der Waals surface area contributed by atoms with Gasteiger partial charge in [-0.25, -0.2) is 4.57 Å². The van der Waals surface area contributed by atoms with Crippen molar-refractivity contribution in [3.05, 3.63) is 72.9 Å². The fourth-order valence-corrected chi connectivity index (χ4v) is 10.1. The van der Waals surface area contributed by atoms with Gasteiger partial charge in [-0.05, 0) is 76.7 Å². The van der Waals surface area contributed by atoms with Crippen molar-refractivity contribution >= 4 is 19.7 Å². The molecule has 0 bridgehead atoms. The number of amides is 1. The highest BCUT2D eigenvalue weighted by Crippen LogP contribution is 2.43. The number of ether oxygens (including phenoxy) is 1. The van der Waals surface area contributed by atoms with Gasteiger partial charge in [-0.1, -0.05) is 280 Å². The first-order valence-corrected chi connectivity index (χ1v) is 34.3. The lowest BCUT2D eigenvalue weighted by Crippen LogP contribution is -2.47. The molecule has 0 heterocycles. The van der Waals surface area contributed by atoms with Crippen LogP contribution < -0.4 is 5.32 Å². The van der Waals surface area contributed by atoms with Crippen LogP contribution in [0, 0.1) is 0 Å². The Kier molecular flexibility index (Phi) is 55.8. The Morgan fingerprint density at radius 3 is 1.23 bits per heavy atom. The zero-order valence-corrected chi connectivity index (χ0v) is 52.8. The number of nitrogens with one attached hydrogen (secondary N) is 1. The summed E-state index contributed by atoms with van der Waals surface area (Å²) in [6.45, 7) is 6.91. The average Bonchev–Trinajstić information content (AvgIpc) is 3.40. The molecular weight excluding hydrogens is 988 g/mol. The summed E-state index contributed by atoms with van der Waals surface area (Å²) in [5, 5.41) is 3.06. The number of phosphoric acid groups is 1. The van der Waals surface area contributed by atoms with Gasteiger partial charge in [0.1, 0.15) is 19.3 Å². The van der Waals surface area contributed by atoms with Crippen molar-refractivity contribution in [2.24, 2.45) is 0 Å². The fraction of sp³-hybridized carbons (Fsp3) is 0.794. The van der Waals surface area contributed by atoms with Gasteiger partial charge in [-0.2, -0.15) is 0 Å². The number of likely N-dealkylation sites (N-methyl/N-ethyl adjacent to an activating group) is 1. The van der Waals surface area contributed by atoms with Gasteiger partial charge in [0.25, 0.3) is 0 Å². The molecule has 0 radical (unpaired) electrons. The van der Waals surface area contributed by atoms with Crippen molar-refractivity contribution in [3.63, 3.8) is 0 Å². The Balaban J connectivity index is 5.22. The maximum Gasteiger partial charge on any atom is 0.472 e. The lowest BCUT2D eigenvalue weighted by molar-refractivity contribution is -0.870. The van der Waals surface area contributed by atoms with Gasteiger partial charge >= 0.3 is 13.8 Å². The van der Waals surface area contributed by atoms with Crippen LogP contribution >= 0.6 is 7.82 Å². The summed E-state index contributed by atoms with van der Waals surface area (Å²) in [4.78, 5) is 37.8. The van der Waals surface area contributed by atoms with E-state index in [0.717, 1.165) is 103 Å². The Morgan fingerprint density at radius 1 is 0.462 bits per heavy atom. The molecule has 0 rings (SSSR count). The summed E-state index contributed by atoms with van der Waals surface area (Å²) < 4.78 is 30.7. The van der Waals surface area contributed by atoms with E-state index in [4.69, 9.17) is 13.8 Å². The molecule has 0 aliphatic rings. The van der Waals surface area contributed by atoms with E-state index in [9.17, 15) is 19.0 Å². The summed E-state index contributed by atoms with van der Waals surface area (Å²) >= 11 is 0. The molecule has 0 fully saturated rings. The number of rotatable bonds is 59. The predicted octanol–water partition coefficient (Wildman–Crippen LogP) is 20.4. The standard InChI is InChI=1S/C68H125N2O7P/c1-7-10-13-16-19-22-25-28-30-32-34-35-37-39-41-43-46-49-52-55-58-61-68(72)77-66(59-56-53-50-47-44-27-24-21-18-15-12-9-3)65(64-76-78(73,74)75-63-62-70(4,5)6)69-67(71)60-57-54-51-48-45-42-40-38-36-33-31-29-26-23-20-17-14-11-8-2/h10,13,19,22,28,30,34-35,39,41,56,59,65-66H,7-9,11-12,14-18,20-21,23-27,29,31-33,36-38,40,42-55,57-58,60-64H2,1-6H3,(H-,69,71,73,74)/p+1/b13-10-,22-19-,30-28-,35-34-,41-39-,59-56+. The van der Waals surface area contributed by atoms with Gasteiger partial charge in [-0.15, -0.1) is 0 Å². The van der Waals surface area contributed by atoms with Crippen LogP contribution in [0.1, 0.15) is 297 Å². The smallest absolute Gasteiger partial charge is 0.456 e. The predicted molar refractivity (Wildman–Crippen MR) is 337 cm³/mol. The monoisotopic (exact) mass is 1110 g/mol. The number of hydrogen-bond acceptors (Lipinski definition) is 6. The minimum absolute atomic E-state index is 0.0360. The first kappa shape index (κ1) is 75.5. The number of quaternary nitrogens is 1. The third-order valence-electron chi connectivity index (χ3n) is 14.4. The summed E-state index contributed by atoms with van der Waals surface area (Å²) in [5.41, 5.74) is 0. The highest BCUT2D eigenvalue weighted by Gasteiger charge is 2.30. The third kappa shape index (κ3) is 58.1. The molecular formula is C68H126N2O7P+. The quantitative estimate of drug-likeness (QED) is 0.0205. The average molecular weight is 1110 g/mol. The molecule has 0 aromatic heterocycles. The second-order valence-electron chi connectivity index (χ2n) is 23.3. The maximum atomic E-state index is 13.6. The molecule has 0 spiro atoms. The van der Waals surface area contributed by atoms with E-state index in [0.29, 0.717) is 23.9 Å². The van der Waals surface area contributed by atoms with Crippen molar-refractivity contribution in [3.8, 4) is 0 Å². The van der Waals surface area contributed by atoms with E-state index in [-0.39, 0.29) is 31.5 Å². The van der Waals surface area contributed by atoms with E-state index in [2.05, 4.69) is 86.8 Å². The number of allylic oxidation sites excluding steroid dienone is 11. The van der Waals surface area contributed by atoms with Crippen molar-refractivity contribution in [1.82, 2.24) is 5.32 Å². The number of phosphoric ester groups is 1. The van der Waals surface area contributed by atoms with Gasteiger partial charge in [0, 0.05) is 12.8 Å². The first-order valence-electron chi connectivity index (χ1n) is 32.8. The summed E-state index contributed by atoms with van der Waals surface area (Å²) in [7, 11) is 1.49. The first-order chi connectivity index (χ1) is 37.9. The molecule has 0 saturated carbocycles. The Hall–Kier alpha value is -2.55. The highest BCUT2D eigenvalue weighted by molar-refractivity contribution is 7.47. The van der Waals surface area contributed by atoms with Gasteiger partial charge in [-0.3, -0.25) is 18.6 Å². The Labute approximate surface area is 483 Å².